The number of rotatable bonds is 5. The van der Waals surface area contributed by atoms with Gasteiger partial charge in [0.1, 0.15) is 5.02 Å². The van der Waals surface area contributed by atoms with Crippen molar-refractivity contribution in [3.8, 4) is 0 Å². The van der Waals surface area contributed by atoms with Crippen LogP contribution in [0.2, 0.25) is 5.02 Å². The molecule has 1 aromatic rings. The van der Waals surface area contributed by atoms with Gasteiger partial charge < -0.3 is 5.32 Å². The Hall–Kier alpha value is -0.850. The summed E-state index contributed by atoms with van der Waals surface area (Å²) in [5.41, 5.74) is 1.96. The Kier molecular flexibility index (Phi) is 9.73. The molecule has 5 nitrogen and oxygen atoms in total. The van der Waals surface area contributed by atoms with Gasteiger partial charge in [0.2, 0.25) is 0 Å². The van der Waals surface area contributed by atoms with Crippen molar-refractivity contribution in [3.05, 3.63) is 51.1 Å². The van der Waals surface area contributed by atoms with Gasteiger partial charge in [-0.2, -0.15) is 0 Å². The SMILES string of the molecule is C=C(C)C[C@H](c1ccc(Cl)c([N+](=O)[O-])c1)N1CCNCC1.Cl.Cl. The second kappa shape index (κ2) is 10.1. The van der Waals surface area contributed by atoms with Crippen LogP contribution in [-0.4, -0.2) is 36.0 Å². The van der Waals surface area contributed by atoms with Crippen LogP contribution in [0.4, 0.5) is 5.69 Å². The molecule has 130 valence electrons. The minimum absolute atomic E-state index is 0. The Balaban J connectivity index is 0.00000242. The van der Waals surface area contributed by atoms with Gasteiger partial charge in [0.25, 0.3) is 5.69 Å². The summed E-state index contributed by atoms with van der Waals surface area (Å²) in [6.07, 6.45) is 0.790. The van der Waals surface area contributed by atoms with Gasteiger partial charge in [-0.05, 0) is 25.0 Å². The van der Waals surface area contributed by atoms with E-state index in [9.17, 15) is 10.1 Å². The number of nitrogens with zero attached hydrogens (tertiary/aromatic N) is 2. The summed E-state index contributed by atoms with van der Waals surface area (Å²) in [4.78, 5) is 13.0. The predicted molar refractivity (Wildman–Crippen MR) is 99.2 cm³/mol. The molecule has 1 saturated heterocycles. The molecule has 1 atom stereocenters. The second-order valence-electron chi connectivity index (χ2n) is 5.43. The number of nitro benzene ring substituents is 1. The molecule has 2 rings (SSSR count). The number of nitro groups is 1. The number of piperazine rings is 1. The van der Waals surface area contributed by atoms with E-state index in [1.165, 1.54) is 0 Å². The molecule has 1 heterocycles. The number of hydrogen-bond acceptors (Lipinski definition) is 4. The van der Waals surface area contributed by atoms with Gasteiger partial charge in [-0.1, -0.05) is 23.2 Å². The van der Waals surface area contributed by atoms with Gasteiger partial charge in [0, 0.05) is 38.3 Å². The molecule has 0 bridgehead atoms. The maximum absolute atomic E-state index is 11.1. The summed E-state index contributed by atoms with van der Waals surface area (Å²) in [6, 6.07) is 5.20. The first-order valence-electron chi connectivity index (χ1n) is 7.02. The molecule has 23 heavy (non-hydrogen) atoms. The van der Waals surface area contributed by atoms with E-state index in [1.54, 1.807) is 12.1 Å². The van der Waals surface area contributed by atoms with Crippen LogP contribution in [0.3, 0.4) is 0 Å². The summed E-state index contributed by atoms with van der Waals surface area (Å²) in [6.45, 7) is 9.69. The number of nitrogens with one attached hydrogen (secondary N) is 1. The van der Waals surface area contributed by atoms with Crippen LogP contribution in [0.1, 0.15) is 24.9 Å². The van der Waals surface area contributed by atoms with E-state index in [-0.39, 0.29) is 41.6 Å². The van der Waals surface area contributed by atoms with E-state index in [0.717, 1.165) is 43.7 Å². The van der Waals surface area contributed by atoms with Crippen LogP contribution in [0.25, 0.3) is 0 Å². The van der Waals surface area contributed by atoms with E-state index < -0.39 is 4.92 Å². The van der Waals surface area contributed by atoms with Crippen molar-refractivity contribution in [2.24, 2.45) is 0 Å². The maximum Gasteiger partial charge on any atom is 0.288 e. The lowest BCUT2D eigenvalue weighted by atomic mass is 9.97. The lowest BCUT2D eigenvalue weighted by Crippen LogP contribution is -2.45. The van der Waals surface area contributed by atoms with Gasteiger partial charge >= 0.3 is 0 Å². The molecule has 1 aromatic carbocycles. The monoisotopic (exact) mass is 381 g/mol. The molecule has 0 unspecified atom stereocenters. The fraction of sp³-hybridized carbons (Fsp3) is 0.467. The molecule has 0 aliphatic carbocycles. The smallest absolute Gasteiger partial charge is 0.288 e. The van der Waals surface area contributed by atoms with E-state index in [2.05, 4.69) is 16.8 Å². The van der Waals surface area contributed by atoms with Crippen LogP contribution in [0.5, 0.6) is 0 Å². The number of benzene rings is 1. The normalized spacial score (nSPS) is 15.9. The third-order valence-corrected chi connectivity index (χ3v) is 4.01. The minimum Gasteiger partial charge on any atom is -0.314 e. The quantitative estimate of drug-likeness (QED) is 0.475. The zero-order valence-corrected chi connectivity index (χ0v) is 15.3. The van der Waals surface area contributed by atoms with Crippen molar-refractivity contribution in [1.29, 1.82) is 0 Å². The van der Waals surface area contributed by atoms with E-state index in [4.69, 9.17) is 11.6 Å². The predicted octanol–water partition coefficient (Wildman–Crippen LogP) is 4.00. The number of hydrogen-bond donors (Lipinski definition) is 1. The average Bonchev–Trinajstić information content (AvgIpc) is 2.46. The topological polar surface area (TPSA) is 58.4 Å². The van der Waals surface area contributed by atoms with Crippen LogP contribution in [0, 0.1) is 10.1 Å². The first kappa shape index (κ1) is 22.1. The summed E-state index contributed by atoms with van der Waals surface area (Å²) in [7, 11) is 0. The fourth-order valence-electron chi connectivity index (χ4n) is 2.66. The minimum atomic E-state index is -0.429. The van der Waals surface area contributed by atoms with Crippen LogP contribution in [-0.2, 0) is 0 Å². The Bertz CT molecular complexity index is 549. The molecule has 1 aliphatic rings. The molecule has 0 aromatic heterocycles. The van der Waals surface area contributed by atoms with Crippen LogP contribution in [0.15, 0.2) is 30.4 Å². The molecule has 0 amide bonds. The lowest BCUT2D eigenvalue weighted by Gasteiger charge is -2.35. The van der Waals surface area contributed by atoms with E-state index in [1.807, 2.05) is 13.0 Å². The van der Waals surface area contributed by atoms with Gasteiger partial charge in [-0.3, -0.25) is 15.0 Å². The first-order valence-corrected chi connectivity index (χ1v) is 7.40. The van der Waals surface area contributed by atoms with Crippen molar-refractivity contribution in [2.45, 2.75) is 19.4 Å². The molecule has 1 aliphatic heterocycles. The molecule has 0 radical (unpaired) electrons. The molecule has 0 saturated carbocycles. The van der Waals surface area contributed by atoms with Crippen molar-refractivity contribution in [3.63, 3.8) is 0 Å². The third-order valence-electron chi connectivity index (χ3n) is 3.69. The maximum atomic E-state index is 11.1. The van der Waals surface area contributed by atoms with Crippen molar-refractivity contribution < 1.29 is 4.92 Å². The van der Waals surface area contributed by atoms with Crippen molar-refractivity contribution >= 4 is 42.1 Å². The molecule has 1 fully saturated rings. The highest BCUT2D eigenvalue weighted by Gasteiger charge is 2.24. The Morgan fingerprint density at radius 3 is 2.57 bits per heavy atom. The first-order chi connectivity index (χ1) is 9.99. The molecular formula is C15H22Cl3N3O2. The fourth-order valence-corrected chi connectivity index (χ4v) is 2.85. The average molecular weight is 383 g/mol. The largest absolute Gasteiger partial charge is 0.314 e. The summed E-state index contributed by atoms with van der Waals surface area (Å²) < 4.78 is 0. The Labute approximate surface area is 154 Å². The van der Waals surface area contributed by atoms with Gasteiger partial charge in [-0.15, -0.1) is 31.4 Å². The highest BCUT2D eigenvalue weighted by atomic mass is 35.5. The zero-order valence-electron chi connectivity index (χ0n) is 13.0. The molecular weight excluding hydrogens is 361 g/mol. The second-order valence-corrected chi connectivity index (χ2v) is 5.84. The number of halogens is 3. The molecule has 8 heteroatoms. The van der Waals surface area contributed by atoms with Gasteiger partial charge in [0.15, 0.2) is 0 Å². The van der Waals surface area contributed by atoms with E-state index in [0.29, 0.717) is 0 Å². The van der Waals surface area contributed by atoms with Gasteiger partial charge in [0.05, 0.1) is 4.92 Å². The summed E-state index contributed by atoms with van der Waals surface area (Å²) in [5.74, 6) is 0. The van der Waals surface area contributed by atoms with Crippen LogP contribution < -0.4 is 5.32 Å². The molecule has 1 N–H and O–H groups in total. The lowest BCUT2D eigenvalue weighted by molar-refractivity contribution is -0.384. The van der Waals surface area contributed by atoms with E-state index >= 15 is 0 Å². The highest BCUT2D eigenvalue weighted by Crippen LogP contribution is 2.33. The van der Waals surface area contributed by atoms with Gasteiger partial charge in [-0.25, -0.2) is 0 Å². The highest BCUT2D eigenvalue weighted by molar-refractivity contribution is 6.32. The third kappa shape index (κ3) is 5.94. The van der Waals surface area contributed by atoms with Crippen LogP contribution >= 0.6 is 36.4 Å². The van der Waals surface area contributed by atoms with Crippen molar-refractivity contribution in [1.82, 2.24) is 10.2 Å². The summed E-state index contributed by atoms with van der Waals surface area (Å²) >= 11 is 5.90. The standard InChI is InChI=1S/C15H20ClN3O2.2ClH/c1-11(2)9-14(18-7-5-17-6-8-18)12-3-4-13(16)15(10-12)19(20)21;;/h3-4,10,14,17H,1,5-9H2,2H3;2*1H/t14-;;/m1../s1. The Morgan fingerprint density at radius 2 is 2.04 bits per heavy atom. The van der Waals surface area contributed by atoms with Crippen molar-refractivity contribution in [2.75, 3.05) is 26.2 Å². The summed E-state index contributed by atoms with van der Waals surface area (Å²) in [5, 5.41) is 14.6. The zero-order chi connectivity index (χ0) is 15.4. The molecule has 0 spiro atoms. The Morgan fingerprint density at radius 1 is 1.43 bits per heavy atom.